The number of aliphatic imine (C=N–C) groups is 1. The molecule has 1 spiro atoms. The summed E-state index contributed by atoms with van der Waals surface area (Å²) in [5, 5.41) is 6.79. The molecule has 6 nitrogen and oxygen atoms in total. The normalized spacial score (nSPS) is 23.8. The molecule has 1 saturated carbocycles. The fourth-order valence-corrected chi connectivity index (χ4v) is 4.85. The highest BCUT2D eigenvalue weighted by atomic mass is 16.5. The van der Waals surface area contributed by atoms with Crippen LogP contribution >= 0.6 is 0 Å². The standard InChI is InChI=1S/C22H32N4O2/c1-23-21(24-16-20(27)26-13-7-2-8-14-26)25-18-15-22(11-5-6-12-22)28-19-10-4-3-9-17(18)19/h3-4,9-10,18H,2,5-8,11-16H2,1H3,(H2,23,24,25). The van der Waals surface area contributed by atoms with Crippen LogP contribution in [-0.2, 0) is 4.79 Å². The molecule has 152 valence electrons. The van der Waals surface area contributed by atoms with Gasteiger partial charge in [-0.3, -0.25) is 9.79 Å². The Morgan fingerprint density at radius 1 is 1.18 bits per heavy atom. The molecule has 2 fully saturated rings. The number of para-hydroxylation sites is 1. The third kappa shape index (κ3) is 4.10. The first-order valence-electron chi connectivity index (χ1n) is 10.7. The van der Waals surface area contributed by atoms with Gasteiger partial charge in [-0.2, -0.15) is 0 Å². The van der Waals surface area contributed by atoms with E-state index in [1.165, 1.54) is 24.8 Å². The Labute approximate surface area is 167 Å². The van der Waals surface area contributed by atoms with Gasteiger partial charge in [-0.25, -0.2) is 0 Å². The number of nitrogens with one attached hydrogen (secondary N) is 2. The van der Waals surface area contributed by atoms with Crippen LogP contribution in [0.3, 0.4) is 0 Å². The molecule has 1 saturated heterocycles. The van der Waals surface area contributed by atoms with Gasteiger partial charge in [0, 0.05) is 32.1 Å². The fraction of sp³-hybridized carbons (Fsp3) is 0.636. The van der Waals surface area contributed by atoms with Gasteiger partial charge in [-0.1, -0.05) is 18.2 Å². The number of hydrogen-bond donors (Lipinski definition) is 2. The highest BCUT2D eigenvalue weighted by Crippen LogP contribution is 2.46. The lowest BCUT2D eigenvalue weighted by Crippen LogP contribution is -2.49. The molecule has 28 heavy (non-hydrogen) atoms. The summed E-state index contributed by atoms with van der Waals surface area (Å²) in [4.78, 5) is 18.8. The molecule has 4 rings (SSSR count). The van der Waals surface area contributed by atoms with E-state index in [0.717, 1.165) is 50.9 Å². The summed E-state index contributed by atoms with van der Waals surface area (Å²) < 4.78 is 6.44. The molecule has 1 amide bonds. The Morgan fingerprint density at radius 3 is 2.68 bits per heavy atom. The Hall–Kier alpha value is -2.24. The fourth-order valence-electron chi connectivity index (χ4n) is 4.85. The molecule has 0 radical (unpaired) electrons. The maximum absolute atomic E-state index is 12.5. The van der Waals surface area contributed by atoms with Gasteiger partial charge >= 0.3 is 0 Å². The van der Waals surface area contributed by atoms with Crippen molar-refractivity contribution in [1.82, 2.24) is 15.5 Å². The predicted octanol–water partition coefficient (Wildman–Crippen LogP) is 3.00. The number of rotatable bonds is 3. The van der Waals surface area contributed by atoms with E-state index >= 15 is 0 Å². The molecule has 0 aromatic heterocycles. The van der Waals surface area contributed by atoms with Gasteiger partial charge in [-0.15, -0.1) is 0 Å². The third-order valence-corrected chi connectivity index (χ3v) is 6.36. The summed E-state index contributed by atoms with van der Waals surface area (Å²) >= 11 is 0. The third-order valence-electron chi connectivity index (χ3n) is 6.36. The molecule has 1 unspecified atom stereocenters. The molecule has 1 aromatic carbocycles. The van der Waals surface area contributed by atoms with Crippen LogP contribution < -0.4 is 15.4 Å². The second-order valence-electron chi connectivity index (χ2n) is 8.30. The zero-order valence-corrected chi connectivity index (χ0v) is 16.9. The van der Waals surface area contributed by atoms with Crippen LogP contribution in [0, 0.1) is 0 Å². The topological polar surface area (TPSA) is 66.0 Å². The van der Waals surface area contributed by atoms with E-state index in [1.807, 2.05) is 11.0 Å². The maximum Gasteiger partial charge on any atom is 0.241 e. The van der Waals surface area contributed by atoms with Gasteiger partial charge in [0.05, 0.1) is 12.6 Å². The summed E-state index contributed by atoms with van der Waals surface area (Å²) in [6, 6.07) is 8.42. The average molecular weight is 385 g/mol. The number of benzene rings is 1. The van der Waals surface area contributed by atoms with E-state index in [4.69, 9.17) is 4.74 Å². The largest absolute Gasteiger partial charge is 0.487 e. The second-order valence-corrected chi connectivity index (χ2v) is 8.30. The number of carbonyl (C=O) groups is 1. The van der Waals surface area contributed by atoms with Crippen LogP contribution in [0.2, 0.25) is 0 Å². The number of guanidine groups is 1. The number of amides is 1. The lowest BCUT2D eigenvalue weighted by atomic mass is 9.86. The summed E-state index contributed by atoms with van der Waals surface area (Å²) in [5.74, 6) is 1.82. The zero-order chi connectivity index (χ0) is 19.4. The van der Waals surface area contributed by atoms with E-state index in [2.05, 4.69) is 33.8 Å². The first-order valence-corrected chi connectivity index (χ1v) is 10.7. The van der Waals surface area contributed by atoms with E-state index in [9.17, 15) is 4.79 Å². The number of carbonyl (C=O) groups excluding carboxylic acids is 1. The van der Waals surface area contributed by atoms with Crippen LogP contribution in [0.5, 0.6) is 5.75 Å². The van der Waals surface area contributed by atoms with Gasteiger partial charge in [0.15, 0.2) is 5.96 Å². The molecule has 2 aliphatic heterocycles. The highest BCUT2D eigenvalue weighted by molar-refractivity contribution is 5.86. The molecule has 1 atom stereocenters. The highest BCUT2D eigenvalue weighted by Gasteiger charge is 2.43. The Morgan fingerprint density at radius 2 is 1.93 bits per heavy atom. The number of ether oxygens (including phenoxy) is 1. The molecule has 1 aliphatic carbocycles. The average Bonchev–Trinajstić information content (AvgIpc) is 3.18. The van der Waals surface area contributed by atoms with Gasteiger partial charge in [0.1, 0.15) is 11.4 Å². The molecule has 1 aromatic rings. The van der Waals surface area contributed by atoms with Gasteiger partial charge < -0.3 is 20.3 Å². The number of fused-ring (bicyclic) bond motifs is 1. The first kappa shape index (κ1) is 19.1. The molecule has 0 bridgehead atoms. The van der Waals surface area contributed by atoms with Crippen molar-refractivity contribution in [1.29, 1.82) is 0 Å². The summed E-state index contributed by atoms with van der Waals surface area (Å²) in [6.07, 6.45) is 9.06. The number of piperidine rings is 1. The Kier molecular flexibility index (Phi) is 5.74. The minimum atomic E-state index is -0.0610. The number of hydrogen-bond acceptors (Lipinski definition) is 3. The van der Waals surface area contributed by atoms with Crippen molar-refractivity contribution in [3.63, 3.8) is 0 Å². The van der Waals surface area contributed by atoms with Crippen molar-refractivity contribution >= 4 is 11.9 Å². The van der Waals surface area contributed by atoms with Crippen LogP contribution in [0.25, 0.3) is 0 Å². The number of nitrogens with zero attached hydrogens (tertiary/aromatic N) is 2. The molecule has 6 heteroatoms. The molecule has 2 N–H and O–H groups in total. The summed E-state index contributed by atoms with van der Waals surface area (Å²) in [5.41, 5.74) is 1.11. The molecular formula is C22H32N4O2. The quantitative estimate of drug-likeness (QED) is 0.621. The summed E-state index contributed by atoms with van der Waals surface area (Å²) in [6.45, 7) is 2.04. The molecular weight excluding hydrogens is 352 g/mol. The van der Waals surface area contributed by atoms with Crippen molar-refractivity contribution in [2.45, 2.75) is 63.0 Å². The van der Waals surface area contributed by atoms with Crippen LogP contribution in [0.4, 0.5) is 0 Å². The van der Waals surface area contributed by atoms with E-state index in [1.54, 1.807) is 7.05 Å². The lowest BCUT2D eigenvalue weighted by Gasteiger charge is -2.40. The zero-order valence-electron chi connectivity index (χ0n) is 16.9. The maximum atomic E-state index is 12.5. The molecule has 2 heterocycles. The SMILES string of the molecule is CN=C(NCC(=O)N1CCCCC1)NC1CC2(CCCC2)Oc2ccccc21. The van der Waals surface area contributed by atoms with Crippen LogP contribution in [0.1, 0.15) is 63.0 Å². The lowest BCUT2D eigenvalue weighted by molar-refractivity contribution is -0.130. The van der Waals surface area contributed by atoms with Crippen LogP contribution in [-0.4, -0.2) is 49.0 Å². The van der Waals surface area contributed by atoms with E-state index < -0.39 is 0 Å². The number of likely N-dealkylation sites (tertiary alicyclic amines) is 1. The second kappa shape index (κ2) is 8.41. The van der Waals surface area contributed by atoms with Crippen molar-refractivity contribution in [3.8, 4) is 5.75 Å². The summed E-state index contributed by atoms with van der Waals surface area (Å²) in [7, 11) is 1.76. The van der Waals surface area contributed by atoms with Crippen molar-refractivity contribution in [2.24, 2.45) is 4.99 Å². The smallest absolute Gasteiger partial charge is 0.241 e. The van der Waals surface area contributed by atoms with Crippen molar-refractivity contribution < 1.29 is 9.53 Å². The van der Waals surface area contributed by atoms with Gasteiger partial charge in [-0.05, 0) is 51.0 Å². The van der Waals surface area contributed by atoms with Crippen molar-refractivity contribution in [2.75, 3.05) is 26.7 Å². The Balaban J connectivity index is 1.41. The van der Waals surface area contributed by atoms with Gasteiger partial charge in [0.25, 0.3) is 0 Å². The Bertz CT molecular complexity index is 721. The first-order chi connectivity index (χ1) is 13.7. The van der Waals surface area contributed by atoms with E-state index in [-0.39, 0.29) is 24.1 Å². The van der Waals surface area contributed by atoms with E-state index in [0.29, 0.717) is 5.96 Å². The van der Waals surface area contributed by atoms with Crippen molar-refractivity contribution in [3.05, 3.63) is 29.8 Å². The van der Waals surface area contributed by atoms with Crippen LogP contribution in [0.15, 0.2) is 29.3 Å². The monoisotopic (exact) mass is 384 g/mol. The molecule has 3 aliphatic rings. The minimum Gasteiger partial charge on any atom is -0.487 e. The van der Waals surface area contributed by atoms with Gasteiger partial charge in [0.2, 0.25) is 5.91 Å². The predicted molar refractivity (Wildman–Crippen MR) is 111 cm³/mol. The minimum absolute atomic E-state index is 0.0610.